The predicted octanol–water partition coefficient (Wildman–Crippen LogP) is 1.85. The molecule has 10 heteroatoms. The van der Waals surface area contributed by atoms with Crippen LogP contribution >= 0.6 is 0 Å². The highest BCUT2D eigenvalue weighted by atomic mass is 19.3. The van der Waals surface area contributed by atoms with Crippen LogP contribution in [0, 0.1) is 29.1 Å². The van der Waals surface area contributed by atoms with Crippen LogP contribution in [0.2, 0.25) is 0 Å². The average Bonchev–Trinajstić information content (AvgIpc) is 2.84. The zero-order chi connectivity index (χ0) is 26.0. The van der Waals surface area contributed by atoms with Gasteiger partial charge in [0.25, 0.3) is 18.2 Å². The summed E-state index contributed by atoms with van der Waals surface area (Å²) < 4.78 is 27.4. The first kappa shape index (κ1) is 26.7. The Hall–Kier alpha value is -4.54. The van der Waals surface area contributed by atoms with Crippen LogP contribution in [0.15, 0.2) is 48.5 Å². The molecule has 2 aromatic rings. The van der Waals surface area contributed by atoms with Crippen molar-refractivity contribution >= 4 is 23.9 Å². The molecule has 35 heavy (non-hydrogen) atoms. The van der Waals surface area contributed by atoms with Gasteiger partial charge in [0.15, 0.2) is 0 Å². The molecule has 0 heterocycles. The van der Waals surface area contributed by atoms with Crippen molar-refractivity contribution in [2.75, 3.05) is 0 Å². The molecule has 0 saturated heterocycles. The fourth-order valence-electron chi connectivity index (χ4n) is 2.97. The zero-order valence-corrected chi connectivity index (χ0v) is 18.8. The van der Waals surface area contributed by atoms with Crippen LogP contribution in [-0.4, -0.2) is 47.1 Å². The van der Waals surface area contributed by atoms with E-state index in [2.05, 4.69) is 29.0 Å². The first-order valence-corrected chi connectivity index (χ1v) is 10.1. The maximum Gasteiger partial charge on any atom is 0.268 e. The molecule has 0 aromatic heterocycles. The quantitative estimate of drug-likeness (QED) is 0.179. The summed E-state index contributed by atoms with van der Waals surface area (Å²) >= 11 is 0. The van der Waals surface area contributed by atoms with E-state index in [-0.39, 0.29) is 5.56 Å². The van der Waals surface area contributed by atoms with Gasteiger partial charge in [-0.15, -0.1) is 0 Å². The van der Waals surface area contributed by atoms with Gasteiger partial charge in [-0.05, 0) is 60.7 Å². The number of amides is 3. The molecule has 2 atom stereocenters. The van der Waals surface area contributed by atoms with Gasteiger partial charge in [0, 0.05) is 29.8 Å². The molecule has 180 valence electrons. The third-order valence-electron chi connectivity index (χ3n) is 4.85. The smallest absolute Gasteiger partial charge is 0.268 e. The third-order valence-corrected chi connectivity index (χ3v) is 4.85. The van der Waals surface area contributed by atoms with Gasteiger partial charge in [-0.1, -0.05) is 24.0 Å². The molecule has 0 aliphatic heterocycles. The standard InChI is InChI=1S/C25H22F2N4O4/c1-16(32)30-25(2,24(26)27)21(23(34)31-35)29-22(33)20-13-11-18(12-14-20)6-4-3-5-17-7-9-19(15-28)10-8-17/h7-15,21,24,28,35H,1-2H3,(H,29,33)(H,30,32)(H,31,34)/t21-,25?/m1/s1. The SMILES string of the molecule is CC(=O)NC(C)(C(F)F)[C@H](NC(=O)c1ccc(C#CC#Cc2ccc(C=N)cc2)cc1)C(=O)NO. The highest BCUT2D eigenvalue weighted by Gasteiger charge is 2.48. The van der Waals surface area contributed by atoms with Gasteiger partial charge in [-0.25, -0.2) is 14.3 Å². The number of hydrogen-bond donors (Lipinski definition) is 5. The minimum atomic E-state index is -3.25. The van der Waals surface area contributed by atoms with E-state index in [1.807, 2.05) is 5.32 Å². The molecule has 3 amide bonds. The van der Waals surface area contributed by atoms with Gasteiger partial charge in [-0.3, -0.25) is 19.6 Å². The van der Waals surface area contributed by atoms with Gasteiger partial charge >= 0.3 is 0 Å². The maximum absolute atomic E-state index is 13.7. The Balaban J connectivity index is 2.16. The molecule has 0 radical (unpaired) electrons. The Labute approximate surface area is 200 Å². The molecule has 8 nitrogen and oxygen atoms in total. The summed E-state index contributed by atoms with van der Waals surface area (Å²) in [5.41, 5.74) is 0.781. The van der Waals surface area contributed by atoms with E-state index in [4.69, 9.17) is 10.6 Å². The van der Waals surface area contributed by atoms with Crippen molar-refractivity contribution in [3.8, 4) is 23.7 Å². The second kappa shape index (κ2) is 12.1. The average molecular weight is 480 g/mol. The van der Waals surface area contributed by atoms with Gasteiger partial charge in [0.1, 0.15) is 11.6 Å². The van der Waals surface area contributed by atoms with Crippen molar-refractivity contribution in [1.29, 1.82) is 5.41 Å². The van der Waals surface area contributed by atoms with Gasteiger partial charge in [0.2, 0.25) is 5.91 Å². The van der Waals surface area contributed by atoms with E-state index < -0.39 is 35.7 Å². The molecule has 5 N–H and O–H groups in total. The number of hydroxylamine groups is 1. The van der Waals surface area contributed by atoms with Crippen LogP contribution in [-0.2, 0) is 9.59 Å². The Kier molecular flexibility index (Phi) is 9.21. The van der Waals surface area contributed by atoms with Crippen LogP contribution in [0.4, 0.5) is 8.78 Å². The summed E-state index contributed by atoms with van der Waals surface area (Å²) in [4.78, 5) is 36.1. The van der Waals surface area contributed by atoms with Crippen LogP contribution in [0.3, 0.4) is 0 Å². The zero-order valence-electron chi connectivity index (χ0n) is 18.8. The summed E-state index contributed by atoms with van der Waals surface area (Å²) in [6, 6.07) is 10.8. The summed E-state index contributed by atoms with van der Waals surface area (Å²) in [5, 5.41) is 20.2. The van der Waals surface area contributed by atoms with Crippen LogP contribution in [0.5, 0.6) is 0 Å². The Morgan fingerprint density at radius 3 is 1.94 bits per heavy atom. The third kappa shape index (κ3) is 7.22. The number of carbonyl (C=O) groups excluding carboxylic acids is 3. The number of rotatable bonds is 7. The van der Waals surface area contributed by atoms with Crippen molar-refractivity contribution in [2.45, 2.75) is 31.9 Å². The second-order valence-electron chi connectivity index (χ2n) is 7.49. The lowest BCUT2D eigenvalue weighted by molar-refractivity contribution is -0.137. The van der Waals surface area contributed by atoms with Crippen molar-refractivity contribution in [3.63, 3.8) is 0 Å². The minimum Gasteiger partial charge on any atom is -0.343 e. The molecule has 0 saturated carbocycles. The summed E-state index contributed by atoms with van der Waals surface area (Å²) in [7, 11) is 0. The van der Waals surface area contributed by atoms with E-state index in [1.54, 1.807) is 24.3 Å². The number of carbonyl (C=O) groups is 3. The maximum atomic E-state index is 13.7. The molecular weight excluding hydrogens is 458 g/mol. The highest BCUT2D eigenvalue weighted by Crippen LogP contribution is 2.21. The second-order valence-corrected chi connectivity index (χ2v) is 7.49. The summed E-state index contributed by atoms with van der Waals surface area (Å²) in [6.45, 7) is 1.86. The molecule has 0 aliphatic rings. The Morgan fingerprint density at radius 1 is 1.00 bits per heavy atom. The fourth-order valence-corrected chi connectivity index (χ4v) is 2.97. The molecule has 1 unspecified atom stereocenters. The largest absolute Gasteiger partial charge is 0.343 e. The normalized spacial score (nSPS) is 12.5. The van der Waals surface area contributed by atoms with Crippen molar-refractivity contribution in [1.82, 2.24) is 16.1 Å². The van der Waals surface area contributed by atoms with Crippen molar-refractivity contribution in [3.05, 3.63) is 70.8 Å². The van der Waals surface area contributed by atoms with E-state index in [1.165, 1.54) is 36.0 Å². The van der Waals surface area contributed by atoms with Crippen molar-refractivity contribution < 1.29 is 28.4 Å². The first-order chi connectivity index (χ1) is 16.6. The molecular formula is C25H22F2N4O4. The van der Waals surface area contributed by atoms with Gasteiger partial charge in [0.05, 0.1) is 0 Å². The Morgan fingerprint density at radius 2 is 1.51 bits per heavy atom. The lowest BCUT2D eigenvalue weighted by Crippen LogP contribution is -2.68. The Bertz CT molecular complexity index is 1220. The number of halogens is 2. The monoisotopic (exact) mass is 480 g/mol. The molecule has 0 aliphatic carbocycles. The predicted molar refractivity (Wildman–Crippen MR) is 124 cm³/mol. The molecule has 0 fully saturated rings. The lowest BCUT2D eigenvalue weighted by Gasteiger charge is -2.36. The van der Waals surface area contributed by atoms with E-state index >= 15 is 0 Å². The van der Waals surface area contributed by atoms with Gasteiger partial charge in [-0.2, -0.15) is 0 Å². The number of alkyl halides is 2. The number of nitrogens with one attached hydrogen (secondary N) is 4. The fraction of sp³-hybridized carbons (Fsp3) is 0.200. The van der Waals surface area contributed by atoms with Crippen LogP contribution in [0.1, 0.15) is 40.9 Å². The van der Waals surface area contributed by atoms with E-state index in [0.29, 0.717) is 5.56 Å². The minimum absolute atomic E-state index is 0.0307. The topological polar surface area (TPSA) is 131 Å². The first-order valence-electron chi connectivity index (χ1n) is 10.1. The summed E-state index contributed by atoms with van der Waals surface area (Å²) in [5.74, 6) is 7.95. The highest BCUT2D eigenvalue weighted by molar-refractivity contribution is 5.98. The number of benzene rings is 2. The molecule has 0 bridgehead atoms. The van der Waals surface area contributed by atoms with E-state index in [0.717, 1.165) is 25.0 Å². The molecule has 2 aromatic carbocycles. The van der Waals surface area contributed by atoms with Crippen LogP contribution in [0.25, 0.3) is 0 Å². The molecule has 0 spiro atoms. The van der Waals surface area contributed by atoms with E-state index in [9.17, 15) is 23.2 Å². The summed E-state index contributed by atoms with van der Waals surface area (Å²) in [6.07, 6.45) is -2.02. The lowest BCUT2D eigenvalue weighted by atomic mass is 9.91. The van der Waals surface area contributed by atoms with Crippen molar-refractivity contribution in [2.24, 2.45) is 0 Å². The van der Waals surface area contributed by atoms with Gasteiger partial charge < -0.3 is 16.0 Å². The number of hydrogen-bond acceptors (Lipinski definition) is 5. The van der Waals surface area contributed by atoms with Crippen LogP contribution < -0.4 is 16.1 Å². The molecule has 2 rings (SSSR count).